The van der Waals surface area contributed by atoms with Gasteiger partial charge in [0.15, 0.2) is 0 Å². The van der Waals surface area contributed by atoms with E-state index in [1.807, 2.05) is 18.2 Å². The van der Waals surface area contributed by atoms with Crippen molar-refractivity contribution in [2.45, 2.75) is 26.8 Å². The summed E-state index contributed by atoms with van der Waals surface area (Å²) in [5.41, 5.74) is 6.83. The molecule has 0 aliphatic carbocycles. The van der Waals surface area contributed by atoms with Crippen LogP contribution in [0.4, 0.5) is 11.8 Å². The molecule has 3 N–H and O–H groups in total. The van der Waals surface area contributed by atoms with Crippen LogP contribution in [0.3, 0.4) is 0 Å². The molecule has 1 aromatic carbocycles. The molecule has 1 atom stereocenters. The van der Waals surface area contributed by atoms with E-state index in [0.29, 0.717) is 11.0 Å². The molecule has 1 unspecified atom stereocenters. The Labute approximate surface area is 124 Å². The second-order valence-corrected chi connectivity index (χ2v) is 6.18. The van der Waals surface area contributed by atoms with Crippen LogP contribution in [0.5, 0.6) is 0 Å². The highest BCUT2D eigenvalue weighted by Crippen LogP contribution is 2.35. The van der Waals surface area contributed by atoms with Gasteiger partial charge in [-0.1, -0.05) is 62.7 Å². The highest BCUT2D eigenvalue weighted by Gasteiger charge is 2.26. The zero-order chi connectivity index (χ0) is 14.8. The molecule has 20 heavy (non-hydrogen) atoms. The zero-order valence-corrected chi connectivity index (χ0v) is 12.6. The van der Waals surface area contributed by atoms with E-state index in [-0.39, 0.29) is 17.4 Å². The third-order valence-corrected chi connectivity index (χ3v) is 3.20. The molecule has 0 aliphatic rings. The van der Waals surface area contributed by atoms with E-state index in [0.717, 1.165) is 0 Å². The predicted octanol–water partition coefficient (Wildman–Crippen LogP) is 3.91. The van der Waals surface area contributed by atoms with Gasteiger partial charge in [0, 0.05) is 6.07 Å². The number of nitrogen functional groups attached to an aromatic ring is 1. The molecule has 0 bridgehead atoms. The van der Waals surface area contributed by atoms with Gasteiger partial charge >= 0.3 is 0 Å². The Morgan fingerprint density at radius 3 is 2.35 bits per heavy atom. The van der Waals surface area contributed by atoms with E-state index in [1.54, 1.807) is 6.07 Å². The normalized spacial score (nSPS) is 13.0. The molecular weight excluding hydrogens is 272 g/mol. The molecule has 1 heterocycles. The Balaban J connectivity index is 2.34. The minimum Gasteiger partial charge on any atom is -0.368 e. The number of nitrogens with zero attached hydrogens (tertiary/aromatic N) is 2. The maximum absolute atomic E-state index is 5.92. The van der Waals surface area contributed by atoms with Crippen molar-refractivity contribution in [2.75, 3.05) is 11.1 Å². The van der Waals surface area contributed by atoms with Gasteiger partial charge < -0.3 is 11.1 Å². The second-order valence-electron chi connectivity index (χ2n) is 5.79. The summed E-state index contributed by atoms with van der Waals surface area (Å²) in [5.74, 6) is 0.798. The molecule has 0 fully saturated rings. The van der Waals surface area contributed by atoms with Gasteiger partial charge in [-0.3, -0.25) is 0 Å². The fraction of sp³-hybridized carbons (Fsp3) is 0.333. The second kappa shape index (κ2) is 5.67. The number of nitrogens with one attached hydrogen (secondary N) is 1. The van der Waals surface area contributed by atoms with Crippen molar-refractivity contribution in [2.24, 2.45) is 5.41 Å². The Bertz CT molecular complexity index is 558. The largest absolute Gasteiger partial charge is 0.368 e. The molecule has 0 aliphatic heterocycles. The van der Waals surface area contributed by atoms with Gasteiger partial charge in [0.05, 0.1) is 6.04 Å². The average Bonchev–Trinajstić information content (AvgIpc) is 2.34. The highest BCUT2D eigenvalue weighted by atomic mass is 35.5. The van der Waals surface area contributed by atoms with Gasteiger partial charge in [-0.25, -0.2) is 4.98 Å². The number of anilines is 2. The van der Waals surface area contributed by atoms with Crippen molar-refractivity contribution < 1.29 is 0 Å². The first kappa shape index (κ1) is 14.6. The maximum Gasteiger partial charge on any atom is 0.223 e. The number of nitrogens with two attached hydrogens (primary N) is 1. The van der Waals surface area contributed by atoms with E-state index < -0.39 is 0 Å². The molecule has 1 aromatic heterocycles. The van der Waals surface area contributed by atoms with Crippen LogP contribution in [-0.4, -0.2) is 9.97 Å². The molecule has 2 rings (SSSR count). The summed E-state index contributed by atoms with van der Waals surface area (Å²) in [7, 11) is 0. The van der Waals surface area contributed by atoms with Gasteiger partial charge in [0.2, 0.25) is 5.95 Å². The number of benzene rings is 1. The Morgan fingerprint density at radius 2 is 1.80 bits per heavy atom. The summed E-state index contributed by atoms with van der Waals surface area (Å²) in [4.78, 5) is 8.05. The van der Waals surface area contributed by atoms with Crippen molar-refractivity contribution in [1.29, 1.82) is 0 Å². The first-order valence-corrected chi connectivity index (χ1v) is 6.85. The minimum absolute atomic E-state index is 0.00748. The Hall–Kier alpha value is -1.81. The molecule has 0 saturated carbocycles. The lowest BCUT2D eigenvalue weighted by Crippen LogP contribution is -2.26. The maximum atomic E-state index is 5.92. The Morgan fingerprint density at radius 1 is 1.15 bits per heavy atom. The molecule has 0 radical (unpaired) electrons. The average molecular weight is 291 g/mol. The molecular formula is C15H19ClN4. The SMILES string of the molecule is CC(C)(C)C(Nc1cc(Cl)nc(N)n1)c1ccccc1. The summed E-state index contributed by atoms with van der Waals surface area (Å²) in [5, 5.41) is 3.74. The van der Waals surface area contributed by atoms with E-state index >= 15 is 0 Å². The first-order chi connectivity index (χ1) is 9.36. The lowest BCUT2D eigenvalue weighted by Gasteiger charge is -2.32. The summed E-state index contributed by atoms with van der Waals surface area (Å²) in [6.45, 7) is 6.51. The molecule has 0 saturated heterocycles. The summed E-state index contributed by atoms with van der Waals surface area (Å²) < 4.78 is 0. The number of rotatable bonds is 3. The minimum atomic E-state index is 0.00748. The number of halogens is 1. The molecule has 0 spiro atoms. The molecule has 0 amide bonds. The summed E-state index contributed by atoms with van der Waals surface area (Å²) in [6.07, 6.45) is 0. The monoisotopic (exact) mass is 290 g/mol. The van der Waals surface area contributed by atoms with Gasteiger partial charge in [0.25, 0.3) is 0 Å². The summed E-state index contributed by atoms with van der Waals surface area (Å²) >= 11 is 5.92. The van der Waals surface area contributed by atoms with Crippen LogP contribution in [0.1, 0.15) is 32.4 Å². The molecule has 106 valence electrons. The predicted molar refractivity (Wildman–Crippen MR) is 83.7 cm³/mol. The standard InChI is InChI=1S/C15H19ClN4/c1-15(2,3)13(10-7-5-4-6-8-10)19-12-9-11(16)18-14(17)20-12/h4-9,13H,1-3H3,(H3,17,18,19,20). The lowest BCUT2D eigenvalue weighted by atomic mass is 9.82. The molecule has 2 aromatic rings. The van der Waals surface area contributed by atoms with Gasteiger partial charge in [0.1, 0.15) is 11.0 Å². The summed E-state index contributed by atoms with van der Waals surface area (Å²) in [6, 6.07) is 12.0. The fourth-order valence-corrected chi connectivity index (χ4v) is 2.29. The van der Waals surface area contributed by atoms with E-state index in [9.17, 15) is 0 Å². The lowest BCUT2D eigenvalue weighted by molar-refractivity contribution is 0.347. The Kier molecular flexibility index (Phi) is 4.14. The van der Waals surface area contributed by atoms with Crippen LogP contribution < -0.4 is 11.1 Å². The number of aromatic nitrogens is 2. The van der Waals surface area contributed by atoms with Crippen LogP contribution in [0.25, 0.3) is 0 Å². The van der Waals surface area contributed by atoms with Crippen molar-refractivity contribution in [1.82, 2.24) is 9.97 Å². The smallest absolute Gasteiger partial charge is 0.223 e. The molecule has 4 nitrogen and oxygen atoms in total. The highest BCUT2D eigenvalue weighted by molar-refractivity contribution is 6.29. The van der Waals surface area contributed by atoms with Crippen molar-refractivity contribution in [3.8, 4) is 0 Å². The number of hydrogen-bond donors (Lipinski definition) is 2. The van der Waals surface area contributed by atoms with Crippen molar-refractivity contribution in [3.63, 3.8) is 0 Å². The zero-order valence-electron chi connectivity index (χ0n) is 11.9. The molecule has 5 heteroatoms. The third-order valence-electron chi connectivity index (χ3n) is 3.00. The van der Waals surface area contributed by atoms with E-state index in [4.69, 9.17) is 17.3 Å². The van der Waals surface area contributed by atoms with Crippen LogP contribution in [-0.2, 0) is 0 Å². The third kappa shape index (κ3) is 3.61. The topological polar surface area (TPSA) is 63.8 Å². The van der Waals surface area contributed by atoms with Crippen LogP contribution in [0.15, 0.2) is 36.4 Å². The van der Waals surface area contributed by atoms with Gasteiger partial charge in [-0.15, -0.1) is 0 Å². The van der Waals surface area contributed by atoms with Crippen LogP contribution in [0, 0.1) is 5.41 Å². The van der Waals surface area contributed by atoms with E-state index in [1.165, 1.54) is 5.56 Å². The van der Waals surface area contributed by atoms with Crippen LogP contribution in [0.2, 0.25) is 5.15 Å². The van der Waals surface area contributed by atoms with E-state index in [2.05, 4.69) is 48.2 Å². The van der Waals surface area contributed by atoms with Gasteiger partial charge in [-0.05, 0) is 11.0 Å². The van der Waals surface area contributed by atoms with Crippen LogP contribution >= 0.6 is 11.6 Å². The fourth-order valence-electron chi connectivity index (χ4n) is 2.10. The van der Waals surface area contributed by atoms with Crippen molar-refractivity contribution in [3.05, 3.63) is 47.1 Å². The first-order valence-electron chi connectivity index (χ1n) is 6.48. The quantitative estimate of drug-likeness (QED) is 0.841. The van der Waals surface area contributed by atoms with Gasteiger partial charge in [-0.2, -0.15) is 4.98 Å². The number of hydrogen-bond acceptors (Lipinski definition) is 4. The van der Waals surface area contributed by atoms with Crippen molar-refractivity contribution >= 4 is 23.4 Å².